The van der Waals surface area contributed by atoms with Crippen LogP contribution < -0.4 is 4.74 Å². The van der Waals surface area contributed by atoms with Crippen LogP contribution in [0.1, 0.15) is 31.9 Å². The number of ketones is 1. The van der Waals surface area contributed by atoms with Crippen LogP contribution in [-0.2, 0) is 16.0 Å². The molecule has 0 spiro atoms. The Hall–Kier alpha value is -1.84. The number of aliphatic imine (C=N–C) groups is 1. The first-order valence-electron chi connectivity index (χ1n) is 6.31. The SMILES string of the molecule is COc1ccc(C2=NC(C)(C)CO2)c(CC(C)=O)c1. The number of rotatable bonds is 4. The zero-order valence-corrected chi connectivity index (χ0v) is 11.8. The summed E-state index contributed by atoms with van der Waals surface area (Å²) in [5, 5.41) is 0. The van der Waals surface area contributed by atoms with E-state index in [0.717, 1.165) is 16.9 Å². The van der Waals surface area contributed by atoms with E-state index in [1.165, 1.54) is 0 Å². The third-order valence-electron chi connectivity index (χ3n) is 2.95. The molecule has 0 saturated heterocycles. The van der Waals surface area contributed by atoms with Crippen molar-refractivity contribution in [3.8, 4) is 5.75 Å². The molecular weight excluding hydrogens is 242 g/mol. The van der Waals surface area contributed by atoms with Gasteiger partial charge in [-0.15, -0.1) is 0 Å². The standard InChI is InChI=1S/C15H19NO3/c1-10(17)7-11-8-12(18-4)5-6-13(11)14-16-15(2,3)9-19-14/h5-6,8H,7,9H2,1-4H3. The van der Waals surface area contributed by atoms with E-state index in [1.807, 2.05) is 32.0 Å². The molecule has 0 atom stereocenters. The number of Topliss-reactive ketones (excluding diaryl/α,β-unsaturated/α-hetero) is 1. The molecule has 0 saturated carbocycles. The largest absolute Gasteiger partial charge is 0.497 e. The monoisotopic (exact) mass is 261 g/mol. The first-order chi connectivity index (χ1) is 8.91. The van der Waals surface area contributed by atoms with Gasteiger partial charge in [0, 0.05) is 12.0 Å². The Balaban J connectivity index is 2.42. The van der Waals surface area contributed by atoms with Crippen molar-refractivity contribution in [1.29, 1.82) is 0 Å². The maximum Gasteiger partial charge on any atom is 0.217 e. The second kappa shape index (κ2) is 5.03. The van der Waals surface area contributed by atoms with Gasteiger partial charge in [0.05, 0.1) is 12.6 Å². The molecule has 1 aliphatic heterocycles. The molecule has 102 valence electrons. The molecule has 0 bridgehead atoms. The molecule has 4 nitrogen and oxygen atoms in total. The lowest BCUT2D eigenvalue weighted by Crippen LogP contribution is -2.17. The summed E-state index contributed by atoms with van der Waals surface area (Å²) in [6.45, 7) is 6.18. The number of methoxy groups -OCH3 is 1. The minimum Gasteiger partial charge on any atom is -0.497 e. The maximum atomic E-state index is 11.4. The highest BCUT2D eigenvalue weighted by Crippen LogP contribution is 2.25. The van der Waals surface area contributed by atoms with Crippen LogP contribution in [0.4, 0.5) is 0 Å². The number of carbonyl (C=O) groups is 1. The minimum absolute atomic E-state index is 0.104. The second-order valence-electron chi connectivity index (χ2n) is 5.42. The fourth-order valence-corrected chi connectivity index (χ4v) is 2.04. The zero-order valence-electron chi connectivity index (χ0n) is 11.8. The highest BCUT2D eigenvalue weighted by atomic mass is 16.5. The summed E-state index contributed by atoms with van der Waals surface area (Å²) < 4.78 is 10.9. The van der Waals surface area contributed by atoms with Crippen LogP contribution in [0.3, 0.4) is 0 Å². The fraction of sp³-hybridized carbons (Fsp3) is 0.467. The average molecular weight is 261 g/mol. The number of ether oxygens (including phenoxy) is 2. The molecule has 4 heteroatoms. The van der Waals surface area contributed by atoms with Gasteiger partial charge in [0.25, 0.3) is 0 Å². The van der Waals surface area contributed by atoms with E-state index >= 15 is 0 Å². The Bertz CT molecular complexity index is 532. The van der Waals surface area contributed by atoms with Crippen molar-refractivity contribution < 1.29 is 14.3 Å². The Labute approximate surface area is 113 Å². The molecule has 2 rings (SSSR count). The Kier molecular flexibility index (Phi) is 3.60. The van der Waals surface area contributed by atoms with Crippen LogP contribution in [0.2, 0.25) is 0 Å². The van der Waals surface area contributed by atoms with Gasteiger partial charge >= 0.3 is 0 Å². The first-order valence-corrected chi connectivity index (χ1v) is 6.31. The average Bonchev–Trinajstić information content (AvgIpc) is 2.68. The van der Waals surface area contributed by atoms with Crippen molar-refractivity contribution in [3.63, 3.8) is 0 Å². The molecule has 0 aliphatic carbocycles. The van der Waals surface area contributed by atoms with E-state index in [9.17, 15) is 4.79 Å². The van der Waals surface area contributed by atoms with Crippen LogP contribution in [0, 0.1) is 0 Å². The van der Waals surface area contributed by atoms with Gasteiger partial charge in [-0.2, -0.15) is 0 Å². The molecule has 0 radical (unpaired) electrons. The molecule has 0 N–H and O–H groups in total. The highest BCUT2D eigenvalue weighted by Gasteiger charge is 2.28. The fourth-order valence-electron chi connectivity index (χ4n) is 2.04. The van der Waals surface area contributed by atoms with Gasteiger partial charge < -0.3 is 9.47 Å². The summed E-state index contributed by atoms with van der Waals surface area (Å²) >= 11 is 0. The van der Waals surface area contributed by atoms with Crippen molar-refractivity contribution in [2.75, 3.05) is 13.7 Å². The van der Waals surface area contributed by atoms with E-state index in [-0.39, 0.29) is 11.3 Å². The van der Waals surface area contributed by atoms with E-state index < -0.39 is 0 Å². The summed E-state index contributed by atoms with van der Waals surface area (Å²) in [5.41, 5.74) is 1.56. The summed E-state index contributed by atoms with van der Waals surface area (Å²) in [6, 6.07) is 5.63. The van der Waals surface area contributed by atoms with E-state index in [1.54, 1.807) is 14.0 Å². The lowest BCUT2D eigenvalue weighted by atomic mass is 10.0. The Morgan fingerprint density at radius 3 is 2.74 bits per heavy atom. The van der Waals surface area contributed by atoms with Gasteiger partial charge in [0.15, 0.2) is 0 Å². The molecule has 19 heavy (non-hydrogen) atoms. The van der Waals surface area contributed by atoms with Crippen LogP contribution in [0.5, 0.6) is 5.75 Å². The smallest absolute Gasteiger partial charge is 0.217 e. The van der Waals surface area contributed by atoms with Crippen LogP contribution in [0.25, 0.3) is 0 Å². The number of hydrogen-bond donors (Lipinski definition) is 0. The van der Waals surface area contributed by atoms with Crippen molar-refractivity contribution in [2.45, 2.75) is 32.7 Å². The van der Waals surface area contributed by atoms with Crippen LogP contribution in [-0.4, -0.2) is 30.9 Å². The Morgan fingerprint density at radius 1 is 1.47 bits per heavy atom. The van der Waals surface area contributed by atoms with E-state index in [2.05, 4.69) is 4.99 Å². The van der Waals surface area contributed by atoms with E-state index in [4.69, 9.17) is 9.47 Å². The number of nitrogens with zero attached hydrogens (tertiary/aromatic N) is 1. The lowest BCUT2D eigenvalue weighted by Gasteiger charge is -2.10. The zero-order chi connectivity index (χ0) is 14.0. The molecule has 1 aromatic rings. The summed E-state index contributed by atoms with van der Waals surface area (Å²) in [7, 11) is 1.61. The normalized spacial score (nSPS) is 16.7. The highest BCUT2D eigenvalue weighted by molar-refractivity contribution is 5.98. The Morgan fingerprint density at radius 2 is 2.21 bits per heavy atom. The topological polar surface area (TPSA) is 47.9 Å². The van der Waals surface area contributed by atoms with Crippen LogP contribution >= 0.6 is 0 Å². The molecule has 1 aliphatic rings. The maximum absolute atomic E-state index is 11.4. The van der Waals surface area contributed by atoms with Crippen molar-refractivity contribution in [3.05, 3.63) is 29.3 Å². The number of hydrogen-bond acceptors (Lipinski definition) is 4. The molecule has 0 unspecified atom stereocenters. The van der Waals surface area contributed by atoms with Gasteiger partial charge in [-0.3, -0.25) is 4.79 Å². The summed E-state index contributed by atoms with van der Waals surface area (Å²) in [6.07, 6.45) is 0.356. The number of carbonyl (C=O) groups excluding carboxylic acids is 1. The predicted molar refractivity (Wildman–Crippen MR) is 73.9 cm³/mol. The second-order valence-corrected chi connectivity index (χ2v) is 5.42. The van der Waals surface area contributed by atoms with Gasteiger partial charge in [-0.1, -0.05) is 0 Å². The quantitative estimate of drug-likeness (QED) is 0.836. The molecular formula is C15H19NO3. The van der Waals surface area contributed by atoms with Gasteiger partial charge in [0.2, 0.25) is 5.90 Å². The minimum atomic E-state index is -0.206. The lowest BCUT2D eigenvalue weighted by molar-refractivity contribution is -0.116. The summed E-state index contributed by atoms with van der Waals surface area (Å²) in [5.74, 6) is 1.45. The van der Waals surface area contributed by atoms with Gasteiger partial charge in [0.1, 0.15) is 18.1 Å². The van der Waals surface area contributed by atoms with Gasteiger partial charge in [-0.05, 0) is 44.5 Å². The molecule has 0 fully saturated rings. The predicted octanol–water partition coefficient (Wildman–Crippen LogP) is 2.38. The van der Waals surface area contributed by atoms with Gasteiger partial charge in [-0.25, -0.2) is 4.99 Å². The molecule has 1 heterocycles. The molecule has 0 aromatic heterocycles. The molecule has 1 aromatic carbocycles. The third-order valence-corrected chi connectivity index (χ3v) is 2.95. The number of benzene rings is 1. The summed E-state index contributed by atoms with van der Waals surface area (Å²) in [4.78, 5) is 15.9. The van der Waals surface area contributed by atoms with Crippen molar-refractivity contribution >= 4 is 11.7 Å². The van der Waals surface area contributed by atoms with Crippen molar-refractivity contribution in [2.24, 2.45) is 4.99 Å². The van der Waals surface area contributed by atoms with E-state index in [0.29, 0.717) is 18.9 Å². The third kappa shape index (κ3) is 3.13. The van der Waals surface area contributed by atoms with Crippen LogP contribution in [0.15, 0.2) is 23.2 Å². The first kappa shape index (κ1) is 13.6. The molecule has 0 amide bonds. The van der Waals surface area contributed by atoms with Crippen molar-refractivity contribution in [1.82, 2.24) is 0 Å².